The van der Waals surface area contributed by atoms with Crippen molar-refractivity contribution in [2.75, 3.05) is 19.1 Å². The van der Waals surface area contributed by atoms with Crippen LogP contribution in [-0.2, 0) is 19.1 Å². The second-order valence-corrected chi connectivity index (χ2v) is 6.98. The van der Waals surface area contributed by atoms with Crippen molar-refractivity contribution in [3.8, 4) is 6.07 Å². The molecule has 3 aromatic rings. The van der Waals surface area contributed by atoms with Crippen LogP contribution in [0.1, 0.15) is 11.5 Å². The molecular weight excluding hydrogens is 410 g/mol. The number of nitrogens with one attached hydrogen (secondary N) is 1. The Morgan fingerprint density at radius 2 is 1.84 bits per heavy atom. The van der Waals surface area contributed by atoms with E-state index in [4.69, 9.17) is 15.2 Å². The second-order valence-electron chi connectivity index (χ2n) is 6.98. The van der Waals surface area contributed by atoms with Crippen LogP contribution in [0.2, 0.25) is 0 Å². The van der Waals surface area contributed by atoms with E-state index in [1.165, 1.54) is 19.1 Å². The molecule has 1 unspecified atom stereocenters. The van der Waals surface area contributed by atoms with Crippen LogP contribution in [0.3, 0.4) is 0 Å². The first kappa shape index (κ1) is 20.7. The second kappa shape index (κ2) is 8.28. The van der Waals surface area contributed by atoms with Gasteiger partial charge in [-0.15, -0.1) is 0 Å². The zero-order valence-electron chi connectivity index (χ0n) is 17.3. The summed E-state index contributed by atoms with van der Waals surface area (Å²) in [6.07, 6.45) is 1.65. The molecule has 9 heteroatoms. The van der Waals surface area contributed by atoms with Crippen molar-refractivity contribution >= 4 is 28.5 Å². The van der Waals surface area contributed by atoms with E-state index in [1.807, 2.05) is 0 Å². The van der Waals surface area contributed by atoms with Crippen molar-refractivity contribution in [1.82, 2.24) is 10.2 Å². The van der Waals surface area contributed by atoms with Crippen LogP contribution in [0.4, 0.5) is 5.69 Å². The first-order chi connectivity index (χ1) is 15.5. The van der Waals surface area contributed by atoms with Crippen LogP contribution in [0.25, 0.3) is 10.9 Å². The number of hydrogen-bond acceptors (Lipinski definition) is 8. The first-order valence-corrected chi connectivity index (χ1v) is 9.60. The van der Waals surface area contributed by atoms with Gasteiger partial charge in [0, 0.05) is 11.1 Å². The van der Waals surface area contributed by atoms with Gasteiger partial charge in [0.25, 0.3) is 0 Å². The summed E-state index contributed by atoms with van der Waals surface area (Å²) in [6.45, 7) is 0. The maximum absolute atomic E-state index is 13.0. The molecule has 1 aliphatic rings. The minimum absolute atomic E-state index is 0.00766. The number of methoxy groups -OCH3 is 2. The molecule has 0 aliphatic carbocycles. The Labute approximate surface area is 183 Å². The molecule has 1 aliphatic heterocycles. The number of H-pyrrole nitrogens is 1. The summed E-state index contributed by atoms with van der Waals surface area (Å²) in [4.78, 5) is 27.3. The van der Waals surface area contributed by atoms with Crippen LogP contribution in [0, 0.1) is 11.3 Å². The van der Waals surface area contributed by atoms with E-state index in [1.54, 1.807) is 54.7 Å². The van der Waals surface area contributed by atoms with Crippen molar-refractivity contribution in [3.63, 3.8) is 0 Å². The van der Waals surface area contributed by atoms with Crippen molar-refractivity contribution in [1.29, 1.82) is 5.26 Å². The Kier molecular flexibility index (Phi) is 5.35. The fourth-order valence-corrected chi connectivity index (χ4v) is 3.85. The van der Waals surface area contributed by atoms with Gasteiger partial charge in [-0.05, 0) is 23.8 Å². The number of carbonyl (C=O) groups is 2. The lowest BCUT2D eigenvalue weighted by Crippen LogP contribution is -2.40. The number of aromatic nitrogens is 2. The number of anilines is 1. The van der Waals surface area contributed by atoms with E-state index in [2.05, 4.69) is 16.3 Å². The Bertz CT molecular complexity index is 1320. The maximum Gasteiger partial charge on any atom is 0.355 e. The van der Waals surface area contributed by atoms with E-state index in [0.29, 0.717) is 16.8 Å². The summed E-state index contributed by atoms with van der Waals surface area (Å²) in [7, 11) is 2.42. The Balaban J connectivity index is 2.06. The number of rotatable bonds is 4. The van der Waals surface area contributed by atoms with Gasteiger partial charge in [0.2, 0.25) is 0 Å². The highest BCUT2D eigenvalue weighted by molar-refractivity contribution is 6.06. The van der Waals surface area contributed by atoms with Gasteiger partial charge in [0.05, 0.1) is 49.1 Å². The highest BCUT2D eigenvalue weighted by Crippen LogP contribution is 2.43. The maximum atomic E-state index is 13.0. The molecule has 1 aromatic heterocycles. The van der Waals surface area contributed by atoms with E-state index in [-0.39, 0.29) is 22.7 Å². The van der Waals surface area contributed by atoms with Gasteiger partial charge in [-0.1, -0.05) is 30.3 Å². The van der Waals surface area contributed by atoms with Gasteiger partial charge >= 0.3 is 11.9 Å². The van der Waals surface area contributed by atoms with Crippen LogP contribution in [-0.4, -0.2) is 36.4 Å². The molecule has 0 saturated heterocycles. The fraction of sp³-hybridized carbons (Fsp3) is 0.130. The van der Waals surface area contributed by atoms with Crippen molar-refractivity contribution in [3.05, 3.63) is 83.0 Å². The molecule has 2 heterocycles. The summed E-state index contributed by atoms with van der Waals surface area (Å²) in [5.41, 5.74) is 8.14. The van der Waals surface area contributed by atoms with Crippen LogP contribution in [0.5, 0.6) is 0 Å². The van der Waals surface area contributed by atoms with Crippen LogP contribution < -0.4 is 10.6 Å². The van der Waals surface area contributed by atoms with E-state index in [0.717, 1.165) is 5.39 Å². The molecular formula is C23H19N5O4. The number of fused-ring (bicyclic) bond motifs is 1. The SMILES string of the molecule is COC(=O)C1=C(C(=O)OC)N(c2ccc3cn[nH]c3c2)C(N)=C(C#N)C1c1ccccc1. The molecule has 160 valence electrons. The monoisotopic (exact) mass is 429 g/mol. The Morgan fingerprint density at radius 1 is 1.12 bits per heavy atom. The van der Waals surface area contributed by atoms with Gasteiger partial charge in [0.1, 0.15) is 11.5 Å². The lowest BCUT2D eigenvalue weighted by Gasteiger charge is -2.35. The molecule has 1 atom stereocenters. The molecule has 32 heavy (non-hydrogen) atoms. The summed E-state index contributed by atoms with van der Waals surface area (Å²) in [5, 5.41) is 17.7. The average molecular weight is 429 g/mol. The standard InChI is InChI=1S/C23H19N5O4/c1-31-22(29)19-18(13-6-4-3-5-7-13)16(11-24)21(25)28(20(19)23(30)32-2)15-9-8-14-12-26-27-17(14)10-15/h3-10,12,18H,25H2,1-2H3,(H,26,27). The van der Waals surface area contributed by atoms with Gasteiger partial charge < -0.3 is 15.2 Å². The summed E-state index contributed by atoms with van der Waals surface area (Å²) >= 11 is 0. The molecule has 0 bridgehead atoms. The zero-order valence-corrected chi connectivity index (χ0v) is 17.3. The summed E-state index contributed by atoms with van der Waals surface area (Å²) < 4.78 is 10.0. The zero-order chi connectivity index (χ0) is 22.8. The number of nitrogens with zero attached hydrogens (tertiary/aromatic N) is 3. The Hall–Kier alpha value is -4.58. The molecule has 3 N–H and O–H groups in total. The number of esters is 2. The minimum Gasteiger partial charge on any atom is -0.466 e. The third-order valence-electron chi connectivity index (χ3n) is 5.29. The molecule has 0 spiro atoms. The number of aromatic amines is 1. The smallest absolute Gasteiger partial charge is 0.355 e. The van der Waals surface area contributed by atoms with Gasteiger partial charge in [-0.25, -0.2) is 9.59 Å². The molecule has 2 aromatic carbocycles. The van der Waals surface area contributed by atoms with E-state index < -0.39 is 17.9 Å². The van der Waals surface area contributed by atoms with Gasteiger partial charge in [-0.2, -0.15) is 10.4 Å². The minimum atomic E-state index is -0.908. The largest absolute Gasteiger partial charge is 0.466 e. The van der Waals surface area contributed by atoms with Crippen LogP contribution >= 0.6 is 0 Å². The number of ether oxygens (including phenoxy) is 2. The van der Waals surface area contributed by atoms with Crippen molar-refractivity contribution in [2.45, 2.75) is 5.92 Å². The third kappa shape index (κ3) is 3.24. The lowest BCUT2D eigenvalue weighted by molar-refractivity contribution is -0.139. The topological polar surface area (TPSA) is 134 Å². The normalized spacial score (nSPS) is 16.2. The number of nitriles is 1. The quantitative estimate of drug-likeness (QED) is 0.604. The first-order valence-electron chi connectivity index (χ1n) is 9.60. The number of hydrogen-bond donors (Lipinski definition) is 2. The summed E-state index contributed by atoms with van der Waals surface area (Å²) in [5.74, 6) is -2.47. The molecule has 0 fully saturated rings. The predicted molar refractivity (Wildman–Crippen MR) is 116 cm³/mol. The van der Waals surface area contributed by atoms with Crippen LogP contribution in [0.15, 0.2) is 77.4 Å². The number of allylic oxidation sites excluding steroid dienone is 1. The Morgan fingerprint density at radius 3 is 2.50 bits per heavy atom. The lowest BCUT2D eigenvalue weighted by atomic mass is 9.81. The number of nitrogens with two attached hydrogens (primary N) is 1. The fourth-order valence-electron chi connectivity index (χ4n) is 3.85. The molecule has 0 radical (unpaired) electrons. The highest BCUT2D eigenvalue weighted by atomic mass is 16.5. The average Bonchev–Trinajstić information content (AvgIpc) is 3.30. The van der Waals surface area contributed by atoms with E-state index >= 15 is 0 Å². The van der Waals surface area contributed by atoms with Crippen molar-refractivity contribution < 1.29 is 19.1 Å². The van der Waals surface area contributed by atoms with E-state index in [9.17, 15) is 14.9 Å². The highest BCUT2D eigenvalue weighted by Gasteiger charge is 2.43. The molecule has 9 nitrogen and oxygen atoms in total. The van der Waals surface area contributed by atoms with Gasteiger partial charge in [0.15, 0.2) is 0 Å². The number of benzene rings is 2. The molecule has 4 rings (SSSR count). The number of carbonyl (C=O) groups excluding carboxylic acids is 2. The van der Waals surface area contributed by atoms with Crippen molar-refractivity contribution in [2.24, 2.45) is 5.73 Å². The predicted octanol–water partition coefficient (Wildman–Crippen LogP) is 2.46. The molecule has 0 saturated carbocycles. The molecule has 0 amide bonds. The van der Waals surface area contributed by atoms with Gasteiger partial charge in [-0.3, -0.25) is 10.00 Å². The summed E-state index contributed by atoms with van der Waals surface area (Å²) in [6, 6.07) is 16.2. The third-order valence-corrected chi connectivity index (χ3v) is 5.29.